The number of aromatic nitrogens is 7. The van der Waals surface area contributed by atoms with Crippen LogP contribution in [0, 0.1) is 18.2 Å². The van der Waals surface area contributed by atoms with Gasteiger partial charge in [-0.3, -0.25) is 14.9 Å². The van der Waals surface area contributed by atoms with Crippen molar-refractivity contribution in [2.45, 2.75) is 34.1 Å². The minimum absolute atomic E-state index is 0.136. The zero-order chi connectivity index (χ0) is 27.3. The molecule has 0 fully saturated rings. The van der Waals surface area contributed by atoms with Gasteiger partial charge in [0.2, 0.25) is 5.91 Å². The number of rotatable bonds is 5. The highest BCUT2D eigenvalue weighted by Crippen LogP contribution is 2.36. The lowest BCUT2D eigenvalue weighted by atomic mass is 9.92. The third-order valence-corrected chi connectivity index (χ3v) is 7.21. The second-order valence-corrected chi connectivity index (χ2v) is 11.9. The Morgan fingerprint density at radius 3 is 2.69 bits per heavy atom. The first-order valence-corrected chi connectivity index (χ1v) is 13.2. The Morgan fingerprint density at radius 1 is 1.08 bits per heavy atom. The number of hydrogen-bond donors (Lipinski definition) is 3. The Labute approximate surface area is 227 Å². The lowest BCUT2D eigenvalue weighted by Crippen LogP contribution is -2.19. The zero-order valence-corrected chi connectivity index (χ0v) is 22.6. The molecule has 0 saturated carbocycles. The number of aryl methyl sites for hydroxylation is 1. The molecule has 0 unspecified atom stereocenters. The fourth-order valence-corrected chi connectivity index (χ4v) is 5.38. The van der Waals surface area contributed by atoms with E-state index >= 15 is 4.39 Å². The maximum Gasteiger partial charge on any atom is 0.224 e. The fourth-order valence-electron chi connectivity index (χ4n) is 4.48. The van der Waals surface area contributed by atoms with E-state index in [9.17, 15) is 4.79 Å². The average molecular weight is 541 g/mol. The Balaban J connectivity index is 1.40. The van der Waals surface area contributed by atoms with Crippen LogP contribution in [-0.2, 0) is 4.79 Å². The molecule has 6 aromatic heterocycles. The summed E-state index contributed by atoms with van der Waals surface area (Å²) in [5.41, 5.74) is 3.85. The number of aromatic amines is 2. The van der Waals surface area contributed by atoms with Gasteiger partial charge < -0.3 is 10.3 Å². The van der Waals surface area contributed by atoms with Gasteiger partial charge in [-0.1, -0.05) is 20.8 Å². The van der Waals surface area contributed by atoms with Crippen LogP contribution in [-0.4, -0.2) is 41.0 Å². The maximum atomic E-state index is 16.1. The van der Waals surface area contributed by atoms with E-state index in [1.807, 2.05) is 26.8 Å². The van der Waals surface area contributed by atoms with E-state index in [0.29, 0.717) is 34.8 Å². The van der Waals surface area contributed by atoms with Crippen molar-refractivity contribution in [3.8, 4) is 33.1 Å². The number of anilines is 1. The van der Waals surface area contributed by atoms with Gasteiger partial charge in [0.15, 0.2) is 17.1 Å². The van der Waals surface area contributed by atoms with Crippen LogP contribution in [0.25, 0.3) is 55.3 Å². The van der Waals surface area contributed by atoms with Crippen LogP contribution in [0.2, 0.25) is 0 Å². The molecule has 0 aliphatic heterocycles. The van der Waals surface area contributed by atoms with Crippen LogP contribution in [0.4, 0.5) is 10.1 Å². The van der Waals surface area contributed by atoms with Crippen molar-refractivity contribution in [2.24, 2.45) is 5.41 Å². The minimum atomic E-state index is -0.522. The second kappa shape index (κ2) is 9.35. The molecule has 39 heavy (non-hydrogen) atoms. The molecule has 1 amide bonds. The molecule has 3 N–H and O–H groups in total. The van der Waals surface area contributed by atoms with Gasteiger partial charge in [0.25, 0.3) is 0 Å². The summed E-state index contributed by atoms with van der Waals surface area (Å²) >= 11 is 1.68. The van der Waals surface area contributed by atoms with E-state index in [1.54, 1.807) is 23.6 Å². The van der Waals surface area contributed by atoms with Gasteiger partial charge in [-0.2, -0.15) is 5.10 Å². The van der Waals surface area contributed by atoms with Crippen LogP contribution in [0.1, 0.15) is 32.1 Å². The molecule has 0 aliphatic rings. The van der Waals surface area contributed by atoms with E-state index in [0.717, 1.165) is 16.0 Å². The van der Waals surface area contributed by atoms with Gasteiger partial charge in [-0.25, -0.2) is 19.3 Å². The smallest absolute Gasteiger partial charge is 0.224 e. The monoisotopic (exact) mass is 540 g/mol. The molecule has 6 heterocycles. The van der Waals surface area contributed by atoms with E-state index in [2.05, 4.69) is 59.5 Å². The van der Waals surface area contributed by atoms with Crippen LogP contribution in [0.3, 0.4) is 0 Å². The summed E-state index contributed by atoms with van der Waals surface area (Å²) in [6.45, 7) is 8.02. The van der Waals surface area contributed by atoms with E-state index in [4.69, 9.17) is 0 Å². The molecule has 0 spiro atoms. The number of carbonyl (C=O) groups is 1. The predicted molar refractivity (Wildman–Crippen MR) is 151 cm³/mol. The lowest BCUT2D eigenvalue weighted by molar-refractivity contribution is -0.117. The summed E-state index contributed by atoms with van der Waals surface area (Å²) < 4.78 is 16.1. The quantitative estimate of drug-likeness (QED) is 0.229. The molecule has 11 heteroatoms. The number of nitrogens with zero attached hydrogens (tertiary/aromatic N) is 5. The number of pyridine rings is 3. The topological polar surface area (TPSA) is 125 Å². The molecule has 196 valence electrons. The van der Waals surface area contributed by atoms with Crippen molar-refractivity contribution < 1.29 is 9.18 Å². The number of H-pyrrole nitrogens is 2. The Hall–Kier alpha value is -4.51. The number of fused-ring (bicyclic) bond motifs is 2. The SMILES string of the molecule is Cc1ccc(-c2ccnc3nc(-c4[nH]nc5ncc(-c6cncc(NC(=O)CC(C)(C)C)c6)c(F)c45)[nH]c23)s1. The maximum absolute atomic E-state index is 16.1. The van der Waals surface area contributed by atoms with Gasteiger partial charge in [-0.15, -0.1) is 11.3 Å². The molecule has 0 radical (unpaired) electrons. The number of carbonyl (C=O) groups excluding carboxylic acids is 1. The van der Waals surface area contributed by atoms with Gasteiger partial charge in [0.1, 0.15) is 11.5 Å². The Bertz CT molecular complexity index is 1860. The molecule has 9 nitrogen and oxygen atoms in total. The first kappa shape index (κ1) is 24.8. The molecule has 6 aromatic rings. The highest BCUT2D eigenvalue weighted by atomic mass is 32.1. The summed E-state index contributed by atoms with van der Waals surface area (Å²) in [7, 11) is 0. The molecule has 0 aliphatic carbocycles. The van der Waals surface area contributed by atoms with Crippen LogP contribution < -0.4 is 5.32 Å². The first-order chi connectivity index (χ1) is 18.7. The zero-order valence-electron chi connectivity index (χ0n) is 21.8. The number of thiophene rings is 1. The van der Waals surface area contributed by atoms with Crippen molar-refractivity contribution in [2.75, 3.05) is 5.32 Å². The molecule has 0 atom stereocenters. The number of halogens is 1. The van der Waals surface area contributed by atoms with Crippen LogP contribution in [0.5, 0.6) is 0 Å². The third-order valence-electron chi connectivity index (χ3n) is 6.18. The third kappa shape index (κ3) is 4.76. The van der Waals surface area contributed by atoms with Crippen molar-refractivity contribution in [1.29, 1.82) is 0 Å². The van der Waals surface area contributed by atoms with Crippen molar-refractivity contribution in [3.63, 3.8) is 0 Å². The van der Waals surface area contributed by atoms with Crippen LogP contribution >= 0.6 is 11.3 Å². The number of amides is 1. The van der Waals surface area contributed by atoms with E-state index in [-0.39, 0.29) is 27.9 Å². The molecule has 0 bridgehead atoms. The molecular weight excluding hydrogens is 515 g/mol. The molecule has 6 rings (SSSR count). The van der Waals surface area contributed by atoms with Gasteiger partial charge in [0, 0.05) is 51.5 Å². The van der Waals surface area contributed by atoms with Gasteiger partial charge in [0.05, 0.1) is 22.8 Å². The standard InChI is InChI=1S/C28H25FN8OS/c1-14-5-6-19(39-14)17-7-8-31-26-23(17)34-27(35-26)24-21-22(29)18(13-32-25(21)37-36-24)15-9-16(12-30-11-15)33-20(38)10-28(2,3)4/h5-9,11-13H,10H2,1-4H3,(H,33,38)(H,31,34,35)(H,32,36,37). The number of hydrogen-bond acceptors (Lipinski definition) is 7. The van der Waals surface area contributed by atoms with Gasteiger partial charge >= 0.3 is 0 Å². The van der Waals surface area contributed by atoms with Gasteiger partial charge in [-0.05, 0) is 36.6 Å². The van der Waals surface area contributed by atoms with Crippen LogP contribution in [0.15, 0.2) is 49.1 Å². The Kier molecular flexibility index (Phi) is 5.95. The van der Waals surface area contributed by atoms with Crippen molar-refractivity contribution >= 4 is 45.1 Å². The normalized spacial score (nSPS) is 11.9. The summed E-state index contributed by atoms with van der Waals surface area (Å²) in [6.07, 6.45) is 6.54. The van der Waals surface area contributed by atoms with Crippen molar-refractivity contribution in [1.82, 2.24) is 35.1 Å². The largest absolute Gasteiger partial charge is 0.335 e. The average Bonchev–Trinajstić information content (AvgIpc) is 3.60. The van der Waals surface area contributed by atoms with E-state index < -0.39 is 5.82 Å². The lowest BCUT2D eigenvalue weighted by Gasteiger charge is -2.17. The van der Waals surface area contributed by atoms with E-state index in [1.165, 1.54) is 23.5 Å². The Morgan fingerprint density at radius 2 is 1.92 bits per heavy atom. The number of imidazole rings is 1. The minimum Gasteiger partial charge on any atom is -0.335 e. The first-order valence-electron chi connectivity index (χ1n) is 12.4. The number of nitrogens with one attached hydrogen (secondary N) is 3. The highest BCUT2D eigenvalue weighted by Gasteiger charge is 2.22. The molecular formula is C28H25FN8OS. The summed E-state index contributed by atoms with van der Waals surface area (Å²) in [4.78, 5) is 35.6. The predicted octanol–water partition coefficient (Wildman–Crippen LogP) is 6.51. The highest BCUT2D eigenvalue weighted by molar-refractivity contribution is 7.15. The van der Waals surface area contributed by atoms with Crippen molar-refractivity contribution in [3.05, 3.63) is 59.7 Å². The summed E-state index contributed by atoms with van der Waals surface area (Å²) in [5.74, 6) is -0.255. The molecule has 0 saturated heterocycles. The fraction of sp³-hybridized carbons (Fsp3) is 0.214. The second-order valence-electron chi connectivity index (χ2n) is 10.6. The summed E-state index contributed by atoms with van der Waals surface area (Å²) in [5, 5.41) is 10.1. The summed E-state index contributed by atoms with van der Waals surface area (Å²) in [6, 6.07) is 7.74. The molecule has 0 aromatic carbocycles.